The molecule has 0 spiro atoms. The highest BCUT2D eigenvalue weighted by molar-refractivity contribution is 6.01. The Kier molecular flexibility index (Phi) is 5.96. The van der Waals surface area contributed by atoms with Crippen LogP contribution in [0.4, 0.5) is 5.69 Å². The van der Waals surface area contributed by atoms with Crippen LogP contribution in [0.2, 0.25) is 0 Å². The van der Waals surface area contributed by atoms with E-state index in [0.717, 1.165) is 0 Å². The number of phenols is 1. The molecule has 0 radical (unpaired) electrons. The predicted octanol–water partition coefficient (Wildman–Crippen LogP) is 2.64. The molecule has 0 atom stereocenters. The van der Waals surface area contributed by atoms with Gasteiger partial charge in [-0.15, -0.1) is 0 Å². The monoisotopic (exact) mass is 326 g/mol. The molecule has 0 aliphatic rings. The van der Waals surface area contributed by atoms with Crippen LogP contribution in [0, 0.1) is 0 Å². The van der Waals surface area contributed by atoms with Crippen molar-refractivity contribution in [3.8, 4) is 5.75 Å². The van der Waals surface area contributed by atoms with Crippen LogP contribution in [-0.2, 0) is 9.53 Å². The largest absolute Gasteiger partial charge is 0.508 e. The van der Waals surface area contributed by atoms with E-state index >= 15 is 0 Å². The van der Waals surface area contributed by atoms with Gasteiger partial charge in [0.05, 0.1) is 6.61 Å². The number of amides is 1. The van der Waals surface area contributed by atoms with Crippen molar-refractivity contribution in [2.75, 3.05) is 11.9 Å². The lowest BCUT2D eigenvalue weighted by Crippen LogP contribution is -2.29. The van der Waals surface area contributed by atoms with E-state index in [9.17, 15) is 14.7 Å². The summed E-state index contributed by atoms with van der Waals surface area (Å²) in [4.78, 5) is 24.2. The maximum atomic E-state index is 12.2. The number of rotatable bonds is 6. The van der Waals surface area contributed by atoms with Gasteiger partial charge < -0.3 is 20.5 Å². The second-order valence-electron chi connectivity index (χ2n) is 4.79. The number of anilines is 1. The first kappa shape index (κ1) is 17.1. The Labute approximate surface area is 139 Å². The molecule has 2 rings (SSSR count). The van der Waals surface area contributed by atoms with E-state index in [0.29, 0.717) is 11.3 Å². The lowest BCUT2D eigenvalue weighted by molar-refractivity contribution is -0.138. The standard InChI is InChI=1S/C18H18N2O4/c1-2-24-18(23)16(12-19-14-8-10-15(21)11-9-14)20-17(22)13-6-4-3-5-7-13/h3-12,19,21H,2H2,1H3,(H,20,22)/b16-12-. The summed E-state index contributed by atoms with van der Waals surface area (Å²) in [6.07, 6.45) is 1.35. The van der Waals surface area contributed by atoms with Crippen molar-refractivity contribution >= 4 is 17.6 Å². The lowest BCUT2D eigenvalue weighted by atomic mass is 10.2. The van der Waals surface area contributed by atoms with Crippen LogP contribution < -0.4 is 10.6 Å². The number of esters is 1. The molecule has 2 aromatic carbocycles. The van der Waals surface area contributed by atoms with Gasteiger partial charge >= 0.3 is 5.97 Å². The van der Waals surface area contributed by atoms with Gasteiger partial charge in [0.15, 0.2) is 0 Å². The molecule has 0 aromatic heterocycles. The second kappa shape index (κ2) is 8.38. The first-order valence-corrected chi connectivity index (χ1v) is 7.39. The number of hydrogen-bond donors (Lipinski definition) is 3. The van der Waals surface area contributed by atoms with Crippen LogP contribution in [0.3, 0.4) is 0 Å². The number of hydrogen-bond acceptors (Lipinski definition) is 5. The summed E-state index contributed by atoms with van der Waals surface area (Å²) in [6.45, 7) is 1.87. The molecule has 6 nitrogen and oxygen atoms in total. The first-order valence-electron chi connectivity index (χ1n) is 7.39. The Morgan fingerprint density at radius 3 is 2.38 bits per heavy atom. The molecule has 0 unspecified atom stereocenters. The number of phenolic OH excluding ortho intramolecular Hbond substituents is 1. The molecule has 0 saturated carbocycles. The van der Waals surface area contributed by atoms with E-state index in [1.807, 2.05) is 0 Å². The number of carbonyl (C=O) groups excluding carboxylic acids is 2. The van der Waals surface area contributed by atoms with E-state index in [4.69, 9.17) is 4.74 Å². The van der Waals surface area contributed by atoms with Gasteiger partial charge in [0.2, 0.25) is 0 Å². The maximum absolute atomic E-state index is 12.2. The fourth-order valence-corrected chi connectivity index (χ4v) is 1.85. The minimum absolute atomic E-state index is 0.0150. The smallest absolute Gasteiger partial charge is 0.356 e. The molecule has 124 valence electrons. The first-order chi connectivity index (χ1) is 11.6. The SMILES string of the molecule is CCOC(=O)/C(=C/Nc1ccc(O)cc1)NC(=O)c1ccccc1. The van der Waals surface area contributed by atoms with Crippen LogP contribution in [0.25, 0.3) is 0 Å². The summed E-state index contributed by atoms with van der Waals surface area (Å²) in [5.74, 6) is -0.928. The summed E-state index contributed by atoms with van der Waals surface area (Å²) in [7, 11) is 0. The van der Waals surface area contributed by atoms with Gasteiger partial charge in [-0.05, 0) is 43.3 Å². The highest BCUT2D eigenvalue weighted by Gasteiger charge is 2.15. The molecule has 0 aliphatic carbocycles. The quantitative estimate of drug-likeness (QED) is 0.431. The van der Waals surface area contributed by atoms with Crippen molar-refractivity contribution in [1.29, 1.82) is 0 Å². The normalized spacial score (nSPS) is 10.8. The number of nitrogens with one attached hydrogen (secondary N) is 2. The zero-order chi connectivity index (χ0) is 17.4. The molecule has 2 aromatic rings. The van der Waals surface area contributed by atoms with Gasteiger partial charge in [0.25, 0.3) is 5.91 Å². The third-order valence-electron chi connectivity index (χ3n) is 3.03. The molecule has 0 fully saturated rings. The maximum Gasteiger partial charge on any atom is 0.356 e. The average molecular weight is 326 g/mol. The number of carbonyl (C=O) groups is 2. The lowest BCUT2D eigenvalue weighted by Gasteiger charge is -2.10. The molecule has 0 heterocycles. The van der Waals surface area contributed by atoms with E-state index in [2.05, 4.69) is 10.6 Å². The molecule has 1 amide bonds. The molecule has 0 aliphatic heterocycles. The van der Waals surface area contributed by atoms with E-state index < -0.39 is 11.9 Å². The van der Waals surface area contributed by atoms with Crippen LogP contribution in [-0.4, -0.2) is 23.6 Å². The Hall–Kier alpha value is -3.28. The van der Waals surface area contributed by atoms with Crippen molar-refractivity contribution < 1.29 is 19.4 Å². The Morgan fingerprint density at radius 1 is 1.08 bits per heavy atom. The average Bonchev–Trinajstić information content (AvgIpc) is 2.60. The van der Waals surface area contributed by atoms with E-state index in [-0.39, 0.29) is 18.1 Å². The van der Waals surface area contributed by atoms with Crippen LogP contribution in [0.5, 0.6) is 5.75 Å². The van der Waals surface area contributed by atoms with Crippen molar-refractivity contribution in [3.63, 3.8) is 0 Å². The third kappa shape index (κ3) is 4.88. The number of aromatic hydroxyl groups is 1. The van der Waals surface area contributed by atoms with Gasteiger partial charge in [-0.2, -0.15) is 0 Å². The second-order valence-corrected chi connectivity index (χ2v) is 4.79. The van der Waals surface area contributed by atoms with Gasteiger partial charge in [-0.3, -0.25) is 4.79 Å². The molecule has 0 saturated heterocycles. The van der Waals surface area contributed by atoms with E-state index in [1.54, 1.807) is 49.4 Å². The summed E-state index contributed by atoms with van der Waals surface area (Å²) < 4.78 is 4.95. The predicted molar refractivity (Wildman–Crippen MR) is 90.4 cm³/mol. The number of benzene rings is 2. The van der Waals surface area contributed by atoms with Crippen LogP contribution in [0.1, 0.15) is 17.3 Å². The summed E-state index contributed by atoms with van der Waals surface area (Å²) in [5.41, 5.74) is 1.06. The van der Waals surface area contributed by atoms with Gasteiger partial charge in [0.1, 0.15) is 11.4 Å². The highest BCUT2D eigenvalue weighted by atomic mass is 16.5. The van der Waals surface area contributed by atoms with Gasteiger partial charge in [-0.1, -0.05) is 18.2 Å². The third-order valence-corrected chi connectivity index (χ3v) is 3.03. The van der Waals surface area contributed by atoms with Gasteiger partial charge in [0, 0.05) is 17.5 Å². The minimum Gasteiger partial charge on any atom is -0.508 e. The molecule has 3 N–H and O–H groups in total. The molecule has 0 bridgehead atoms. The Bertz CT molecular complexity index is 724. The van der Waals surface area contributed by atoms with Crippen molar-refractivity contribution in [1.82, 2.24) is 5.32 Å². The van der Waals surface area contributed by atoms with Crippen molar-refractivity contribution in [2.45, 2.75) is 6.92 Å². The molecular weight excluding hydrogens is 308 g/mol. The highest BCUT2D eigenvalue weighted by Crippen LogP contribution is 2.14. The van der Waals surface area contributed by atoms with Crippen LogP contribution in [0.15, 0.2) is 66.5 Å². The van der Waals surface area contributed by atoms with E-state index in [1.165, 1.54) is 18.3 Å². The summed E-state index contributed by atoms with van der Waals surface area (Å²) in [6, 6.07) is 14.8. The molecule has 6 heteroatoms. The van der Waals surface area contributed by atoms with Gasteiger partial charge in [-0.25, -0.2) is 4.79 Å². The zero-order valence-electron chi connectivity index (χ0n) is 13.2. The van der Waals surface area contributed by atoms with Crippen LogP contribution >= 0.6 is 0 Å². The number of ether oxygens (including phenoxy) is 1. The summed E-state index contributed by atoms with van der Waals surface area (Å²) in [5, 5.41) is 14.7. The fraction of sp³-hybridized carbons (Fsp3) is 0.111. The Balaban J connectivity index is 2.14. The summed E-state index contributed by atoms with van der Waals surface area (Å²) >= 11 is 0. The molecule has 24 heavy (non-hydrogen) atoms. The van der Waals surface area contributed by atoms with Crippen molar-refractivity contribution in [2.24, 2.45) is 0 Å². The zero-order valence-corrected chi connectivity index (χ0v) is 13.2. The topological polar surface area (TPSA) is 87.7 Å². The van der Waals surface area contributed by atoms with Crippen molar-refractivity contribution in [3.05, 3.63) is 72.1 Å². The minimum atomic E-state index is -0.645. The Morgan fingerprint density at radius 2 is 1.75 bits per heavy atom. The molecular formula is C18H18N2O4. The fourth-order valence-electron chi connectivity index (χ4n) is 1.85.